The van der Waals surface area contributed by atoms with Crippen LogP contribution in [-0.2, 0) is 0 Å². The van der Waals surface area contributed by atoms with Crippen LogP contribution in [0.5, 0.6) is 0 Å². The van der Waals surface area contributed by atoms with Crippen LogP contribution in [0, 0.1) is 19.8 Å². The molecule has 4 radical (unpaired) electrons. The molecule has 0 saturated carbocycles. The second-order valence-electron chi connectivity index (χ2n) is 1.31. The van der Waals surface area contributed by atoms with Crippen LogP contribution in [0.4, 0.5) is 0 Å². The quantitative estimate of drug-likeness (QED) is 0.300. The maximum Gasteiger partial charge on any atom is 0.00859 e. The Labute approximate surface area is 60.0 Å². The van der Waals surface area contributed by atoms with Crippen molar-refractivity contribution < 1.29 is 0 Å². The number of unbranched alkanes of at least 4 members (excludes halogenated alkanes) is 2. The van der Waals surface area contributed by atoms with E-state index in [1.54, 1.807) is 0 Å². The Bertz CT molecular complexity index is 56.9. The third-order valence-electron chi connectivity index (χ3n) is 0.675. The topological polar surface area (TPSA) is 0 Å². The van der Waals surface area contributed by atoms with E-state index in [2.05, 4.69) is 26.0 Å². The zero-order valence-corrected chi connectivity index (χ0v) is 6.11. The van der Waals surface area contributed by atoms with E-state index in [-0.39, 0.29) is 7.43 Å². The minimum atomic E-state index is 0. The molecule has 0 bridgehead atoms. The Morgan fingerprint density at radius 1 is 1.44 bits per heavy atom. The van der Waals surface area contributed by atoms with Crippen LogP contribution in [-0.4, -0.2) is 0 Å². The van der Waals surface area contributed by atoms with Crippen molar-refractivity contribution in [3.63, 3.8) is 0 Å². The van der Waals surface area contributed by atoms with E-state index >= 15 is 0 Å². The number of hydrogen-bond acceptors (Lipinski definition) is 0. The van der Waals surface area contributed by atoms with Gasteiger partial charge in [0.05, 0.1) is 0 Å². The normalized spacial score (nSPS) is 5.33. The molecule has 0 fully saturated rings. The van der Waals surface area contributed by atoms with E-state index in [1.165, 1.54) is 12.8 Å². The van der Waals surface area contributed by atoms with Gasteiger partial charge in [0.1, 0.15) is 0 Å². The Balaban J connectivity index is -0.000000109. The van der Waals surface area contributed by atoms with Gasteiger partial charge in [0.25, 0.3) is 0 Å². The van der Waals surface area contributed by atoms with Gasteiger partial charge in [-0.2, -0.15) is 0 Å². The molecule has 0 spiro atoms. The molecule has 0 aromatic heterocycles. The number of rotatable bonds is 2. The zero-order chi connectivity index (χ0) is 6.83. The number of terminal acetylenes is 1. The summed E-state index contributed by atoms with van der Waals surface area (Å²) in [6.45, 7) is 8.14. The second-order valence-corrected chi connectivity index (χ2v) is 1.31. The van der Waals surface area contributed by atoms with Crippen LogP contribution in [0.2, 0.25) is 0 Å². The first kappa shape index (κ1) is 15.7. The van der Waals surface area contributed by atoms with E-state index in [0.717, 1.165) is 6.42 Å². The van der Waals surface area contributed by atoms with Crippen molar-refractivity contribution in [3.05, 3.63) is 20.6 Å². The van der Waals surface area contributed by atoms with E-state index in [9.17, 15) is 0 Å². The standard InChI is InChI=1S/C6H10.C2H4.C/c1-3-5-6-4-2;1-2;/h1H,4-6H2,2H3;1-2H2;. The molecule has 0 aliphatic rings. The van der Waals surface area contributed by atoms with Crippen LogP contribution < -0.4 is 0 Å². The van der Waals surface area contributed by atoms with Crippen molar-refractivity contribution in [1.82, 2.24) is 0 Å². The molecule has 0 rings (SSSR count). The highest BCUT2D eigenvalue weighted by Gasteiger charge is 1.71. The Morgan fingerprint density at radius 3 is 2.00 bits per heavy atom. The fraction of sp³-hybridized carbons (Fsp3) is 0.444. The molecule has 0 heterocycles. The highest BCUT2D eigenvalue weighted by molar-refractivity contribution is 4.82. The lowest BCUT2D eigenvalue weighted by molar-refractivity contribution is 0.828. The molecule has 0 amide bonds. The fourth-order valence-corrected chi connectivity index (χ4v) is 0.279. The summed E-state index contributed by atoms with van der Waals surface area (Å²) in [5.41, 5.74) is 0. The predicted molar refractivity (Wildman–Crippen MR) is 42.9 cm³/mol. The summed E-state index contributed by atoms with van der Waals surface area (Å²) in [6.07, 6.45) is 8.30. The third kappa shape index (κ3) is 38.8. The van der Waals surface area contributed by atoms with Crippen LogP contribution in [0.25, 0.3) is 0 Å². The Kier molecular flexibility index (Phi) is 46.5. The minimum Gasteiger partial charge on any atom is -0.120 e. The highest BCUT2D eigenvalue weighted by atomic mass is 13.8. The highest BCUT2D eigenvalue weighted by Crippen LogP contribution is 1.88. The van der Waals surface area contributed by atoms with E-state index in [0.29, 0.717) is 0 Å². The summed E-state index contributed by atoms with van der Waals surface area (Å²) in [4.78, 5) is 0. The lowest BCUT2D eigenvalue weighted by Crippen LogP contribution is -1.62. The van der Waals surface area contributed by atoms with Gasteiger partial charge >= 0.3 is 0 Å². The van der Waals surface area contributed by atoms with Crippen LogP contribution in [0.15, 0.2) is 13.2 Å². The summed E-state index contributed by atoms with van der Waals surface area (Å²) in [7, 11) is 0. The minimum absolute atomic E-state index is 0. The SMILES string of the molecule is C#CCCCC.C=C.[C]. The molecule has 0 aromatic rings. The van der Waals surface area contributed by atoms with Gasteiger partial charge in [-0.15, -0.1) is 25.5 Å². The van der Waals surface area contributed by atoms with E-state index in [4.69, 9.17) is 6.42 Å². The first-order valence-corrected chi connectivity index (χ1v) is 2.85. The molecular weight excluding hydrogens is 108 g/mol. The maximum absolute atomic E-state index is 4.96. The summed E-state index contributed by atoms with van der Waals surface area (Å²) in [5, 5.41) is 0. The van der Waals surface area contributed by atoms with Crippen molar-refractivity contribution in [2.75, 3.05) is 0 Å². The molecule has 0 aromatic carbocycles. The Morgan fingerprint density at radius 2 is 1.89 bits per heavy atom. The summed E-state index contributed by atoms with van der Waals surface area (Å²) < 4.78 is 0. The smallest absolute Gasteiger partial charge is 0.00859 e. The molecule has 0 atom stereocenters. The van der Waals surface area contributed by atoms with Crippen molar-refractivity contribution in [2.45, 2.75) is 26.2 Å². The lowest BCUT2D eigenvalue weighted by Gasteiger charge is -1.79. The molecule has 0 saturated heterocycles. The predicted octanol–water partition coefficient (Wildman–Crippen LogP) is 2.69. The molecule has 50 valence electrons. The van der Waals surface area contributed by atoms with E-state index in [1.807, 2.05) is 0 Å². The second kappa shape index (κ2) is 26.6. The van der Waals surface area contributed by atoms with Gasteiger partial charge in [0.15, 0.2) is 0 Å². The molecule has 0 aliphatic heterocycles. The van der Waals surface area contributed by atoms with Gasteiger partial charge in [-0.1, -0.05) is 13.3 Å². The Hall–Kier alpha value is -0.700. The monoisotopic (exact) mass is 122 g/mol. The van der Waals surface area contributed by atoms with Crippen LogP contribution in [0.3, 0.4) is 0 Å². The zero-order valence-electron chi connectivity index (χ0n) is 6.11. The molecule has 0 unspecified atom stereocenters. The van der Waals surface area contributed by atoms with Gasteiger partial charge in [0.2, 0.25) is 0 Å². The summed E-state index contributed by atoms with van der Waals surface area (Å²) in [5.74, 6) is 2.57. The largest absolute Gasteiger partial charge is 0.120 e. The van der Waals surface area contributed by atoms with Gasteiger partial charge in [-0.3, -0.25) is 0 Å². The third-order valence-corrected chi connectivity index (χ3v) is 0.675. The molecule has 0 aliphatic carbocycles. The maximum atomic E-state index is 4.96. The fourth-order valence-electron chi connectivity index (χ4n) is 0.279. The van der Waals surface area contributed by atoms with Crippen molar-refractivity contribution >= 4 is 0 Å². The first-order valence-electron chi connectivity index (χ1n) is 2.85. The van der Waals surface area contributed by atoms with Gasteiger partial charge in [-0.05, 0) is 6.42 Å². The molecular formula is C9H14. The van der Waals surface area contributed by atoms with Crippen LogP contribution >= 0.6 is 0 Å². The molecule has 0 heteroatoms. The lowest BCUT2D eigenvalue weighted by atomic mass is 10.3. The van der Waals surface area contributed by atoms with Gasteiger partial charge in [0, 0.05) is 13.8 Å². The summed E-state index contributed by atoms with van der Waals surface area (Å²) in [6, 6.07) is 0. The molecule has 9 heavy (non-hydrogen) atoms. The average molecular weight is 122 g/mol. The summed E-state index contributed by atoms with van der Waals surface area (Å²) >= 11 is 0. The number of hydrogen-bond donors (Lipinski definition) is 0. The first-order chi connectivity index (χ1) is 3.91. The van der Waals surface area contributed by atoms with Gasteiger partial charge in [-0.25, -0.2) is 0 Å². The average Bonchev–Trinajstić information content (AvgIpc) is 1.88. The molecule has 0 nitrogen and oxygen atoms in total. The van der Waals surface area contributed by atoms with Crippen molar-refractivity contribution in [3.8, 4) is 12.3 Å². The molecule has 0 N–H and O–H groups in total. The van der Waals surface area contributed by atoms with Crippen molar-refractivity contribution in [1.29, 1.82) is 0 Å². The van der Waals surface area contributed by atoms with Crippen LogP contribution in [0.1, 0.15) is 26.2 Å². The van der Waals surface area contributed by atoms with E-state index < -0.39 is 0 Å². The van der Waals surface area contributed by atoms with Gasteiger partial charge < -0.3 is 0 Å². The van der Waals surface area contributed by atoms with Crippen molar-refractivity contribution in [2.24, 2.45) is 0 Å².